The van der Waals surface area contributed by atoms with Crippen LogP contribution in [0.25, 0.3) is 34.1 Å². The van der Waals surface area contributed by atoms with E-state index in [1.807, 2.05) is 0 Å². The van der Waals surface area contributed by atoms with E-state index in [2.05, 4.69) is 97.1 Å². The molecule has 0 amide bonds. The van der Waals surface area contributed by atoms with Gasteiger partial charge in [-0.3, -0.25) is 0 Å². The highest BCUT2D eigenvalue weighted by Crippen LogP contribution is 2.37. The fourth-order valence-electron chi connectivity index (χ4n) is 3.75. The van der Waals surface area contributed by atoms with Gasteiger partial charge in [0.2, 0.25) is 0 Å². The Kier molecular flexibility index (Phi) is 3.28. The zero-order chi connectivity index (χ0) is 16.6. The minimum absolute atomic E-state index is 1.06. The average Bonchev–Trinajstić information content (AvgIpc) is 3.04. The van der Waals surface area contributed by atoms with Crippen LogP contribution in [0.2, 0.25) is 0 Å². The Balaban J connectivity index is 1.49. The SMILES string of the molecule is C(=C/c1ccc2ccccc2c1)/c1ccc2c(c1)-c1ccccc1C2. The molecule has 0 nitrogen and oxygen atoms in total. The first-order valence-electron chi connectivity index (χ1n) is 8.75. The summed E-state index contributed by atoms with van der Waals surface area (Å²) in [5.41, 5.74) is 8.13. The third-order valence-corrected chi connectivity index (χ3v) is 5.06. The predicted octanol–water partition coefficient (Wildman–Crippen LogP) is 6.58. The average molecular weight is 318 g/mol. The minimum Gasteiger partial charge on any atom is -0.0619 e. The van der Waals surface area contributed by atoms with Crippen molar-refractivity contribution >= 4 is 22.9 Å². The summed E-state index contributed by atoms with van der Waals surface area (Å²) in [4.78, 5) is 0. The number of benzene rings is 4. The van der Waals surface area contributed by atoms with E-state index in [4.69, 9.17) is 0 Å². The highest BCUT2D eigenvalue weighted by Gasteiger charge is 2.17. The molecular formula is C25H18. The number of hydrogen-bond acceptors (Lipinski definition) is 0. The van der Waals surface area contributed by atoms with Gasteiger partial charge in [-0.2, -0.15) is 0 Å². The monoisotopic (exact) mass is 318 g/mol. The summed E-state index contributed by atoms with van der Waals surface area (Å²) < 4.78 is 0. The van der Waals surface area contributed by atoms with Crippen LogP contribution < -0.4 is 0 Å². The van der Waals surface area contributed by atoms with Crippen molar-refractivity contribution in [1.29, 1.82) is 0 Å². The molecule has 0 heteroatoms. The summed E-state index contributed by atoms with van der Waals surface area (Å²) in [5.74, 6) is 0. The van der Waals surface area contributed by atoms with Gasteiger partial charge in [0.1, 0.15) is 0 Å². The number of rotatable bonds is 2. The zero-order valence-corrected chi connectivity index (χ0v) is 13.9. The van der Waals surface area contributed by atoms with Crippen LogP contribution in [-0.4, -0.2) is 0 Å². The summed E-state index contributed by atoms with van der Waals surface area (Å²) >= 11 is 0. The molecule has 4 aromatic rings. The van der Waals surface area contributed by atoms with Crippen LogP contribution in [0.15, 0.2) is 84.9 Å². The lowest BCUT2D eigenvalue weighted by atomic mass is 10.0. The van der Waals surface area contributed by atoms with Gasteiger partial charge in [-0.15, -0.1) is 0 Å². The maximum absolute atomic E-state index is 2.32. The first kappa shape index (κ1) is 14.2. The Labute approximate surface area is 148 Å². The van der Waals surface area contributed by atoms with E-state index in [1.165, 1.54) is 44.2 Å². The van der Waals surface area contributed by atoms with Gasteiger partial charge in [-0.05, 0) is 62.7 Å². The van der Waals surface area contributed by atoms with Crippen LogP contribution in [0, 0.1) is 0 Å². The summed E-state index contributed by atoms with van der Waals surface area (Å²) in [7, 11) is 0. The van der Waals surface area contributed by atoms with Gasteiger partial charge in [-0.25, -0.2) is 0 Å². The summed E-state index contributed by atoms with van der Waals surface area (Å²) in [6.45, 7) is 0. The molecule has 0 bridgehead atoms. The highest BCUT2D eigenvalue weighted by molar-refractivity contribution is 5.86. The van der Waals surface area contributed by atoms with Crippen molar-refractivity contribution in [3.05, 3.63) is 107 Å². The lowest BCUT2D eigenvalue weighted by Gasteiger charge is -2.03. The van der Waals surface area contributed by atoms with Crippen molar-refractivity contribution < 1.29 is 0 Å². The van der Waals surface area contributed by atoms with Crippen molar-refractivity contribution in [3.63, 3.8) is 0 Å². The van der Waals surface area contributed by atoms with Crippen molar-refractivity contribution in [2.24, 2.45) is 0 Å². The van der Waals surface area contributed by atoms with Crippen LogP contribution in [-0.2, 0) is 6.42 Å². The van der Waals surface area contributed by atoms with E-state index in [0.29, 0.717) is 0 Å². The van der Waals surface area contributed by atoms with Crippen molar-refractivity contribution in [1.82, 2.24) is 0 Å². The minimum atomic E-state index is 1.06. The molecule has 5 rings (SSSR count). The van der Waals surface area contributed by atoms with Crippen molar-refractivity contribution in [2.45, 2.75) is 6.42 Å². The molecule has 0 heterocycles. The smallest absolute Gasteiger partial charge is 0.00134 e. The first-order valence-corrected chi connectivity index (χ1v) is 8.75. The third kappa shape index (κ3) is 2.56. The van der Waals surface area contributed by atoms with E-state index < -0.39 is 0 Å². The molecule has 1 aliphatic carbocycles. The van der Waals surface area contributed by atoms with Crippen molar-refractivity contribution in [2.75, 3.05) is 0 Å². The second-order valence-corrected chi connectivity index (χ2v) is 6.69. The van der Waals surface area contributed by atoms with Crippen LogP contribution in [0.3, 0.4) is 0 Å². The van der Waals surface area contributed by atoms with E-state index in [-0.39, 0.29) is 0 Å². The molecule has 0 saturated heterocycles. The lowest BCUT2D eigenvalue weighted by molar-refractivity contribution is 1.26. The van der Waals surface area contributed by atoms with E-state index in [9.17, 15) is 0 Å². The molecule has 118 valence electrons. The molecule has 0 saturated carbocycles. The predicted molar refractivity (Wildman–Crippen MR) is 108 cm³/mol. The van der Waals surface area contributed by atoms with Gasteiger partial charge in [-0.1, -0.05) is 84.9 Å². The van der Waals surface area contributed by atoms with Crippen molar-refractivity contribution in [3.8, 4) is 11.1 Å². The maximum atomic E-state index is 2.32. The topological polar surface area (TPSA) is 0 Å². The van der Waals surface area contributed by atoms with E-state index >= 15 is 0 Å². The molecule has 0 atom stereocenters. The number of fused-ring (bicyclic) bond motifs is 4. The van der Waals surface area contributed by atoms with Gasteiger partial charge in [0, 0.05) is 0 Å². The van der Waals surface area contributed by atoms with Gasteiger partial charge in [0.25, 0.3) is 0 Å². The molecule has 0 N–H and O–H groups in total. The first-order chi connectivity index (χ1) is 12.4. The Morgan fingerprint density at radius 1 is 0.520 bits per heavy atom. The molecule has 0 spiro atoms. The molecular weight excluding hydrogens is 300 g/mol. The van der Waals surface area contributed by atoms with E-state index in [0.717, 1.165) is 6.42 Å². The molecule has 1 aliphatic rings. The fraction of sp³-hybridized carbons (Fsp3) is 0.0400. The molecule has 0 aromatic heterocycles. The van der Waals surface area contributed by atoms with Gasteiger partial charge >= 0.3 is 0 Å². The maximum Gasteiger partial charge on any atom is -0.00134 e. The molecule has 0 aliphatic heterocycles. The van der Waals surface area contributed by atoms with Gasteiger partial charge in [0.15, 0.2) is 0 Å². The Morgan fingerprint density at radius 3 is 2.12 bits per heavy atom. The van der Waals surface area contributed by atoms with E-state index in [1.54, 1.807) is 0 Å². The van der Waals surface area contributed by atoms with Crippen LogP contribution in [0.5, 0.6) is 0 Å². The molecule has 4 aromatic carbocycles. The third-order valence-electron chi connectivity index (χ3n) is 5.06. The van der Waals surface area contributed by atoms with Crippen LogP contribution in [0.1, 0.15) is 22.3 Å². The lowest BCUT2D eigenvalue weighted by Crippen LogP contribution is -1.81. The normalized spacial score (nSPS) is 12.5. The fourth-order valence-corrected chi connectivity index (χ4v) is 3.75. The summed E-state index contributed by atoms with van der Waals surface area (Å²) in [6.07, 6.45) is 5.47. The number of hydrogen-bond donors (Lipinski definition) is 0. The van der Waals surface area contributed by atoms with Gasteiger partial charge in [0.05, 0.1) is 0 Å². The second-order valence-electron chi connectivity index (χ2n) is 6.69. The Hall–Kier alpha value is -3.12. The molecule has 0 radical (unpaired) electrons. The molecule has 25 heavy (non-hydrogen) atoms. The molecule has 0 unspecified atom stereocenters. The van der Waals surface area contributed by atoms with Crippen LogP contribution in [0.4, 0.5) is 0 Å². The zero-order valence-electron chi connectivity index (χ0n) is 13.9. The molecule has 0 fully saturated rings. The Morgan fingerprint density at radius 2 is 1.20 bits per heavy atom. The highest BCUT2D eigenvalue weighted by atomic mass is 14.2. The summed E-state index contributed by atoms with van der Waals surface area (Å²) in [6, 6.07) is 30.7. The Bertz CT molecular complexity index is 1120. The van der Waals surface area contributed by atoms with Crippen LogP contribution >= 0.6 is 0 Å². The quantitative estimate of drug-likeness (QED) is 0.322. The largest absolute Gasteiger partial charge is 0.0619 e. The second kappa shape index (κ2) is 5.75. The van der Waals surface area contributed by atoms with Gasteiger partial charge < -0.3 is 0 Å². The standard InChI is InChI=1S/C25H18/c1-2-6-21-15-18(11-13-20(21)5-1)9-10-19-12-14-23-17-22-7-3-4-8-24(22)25(23)16-19/h1-16H,17H2/b10-9-. The summed E-state index contributed by atoms with van der Waals surface area (Å²) in [5, 5.41) is 2.57.